The zero-order valence-electron chi connectivity index (χ0n) is 14.4. The van der Waals surface area contributed by atoms with Gasteiger partial charge >= 0.3 is 0 Å². The zero-order chi connectivity index (χ0) is 15.1. The molecule has 0 radical (unpaired) electrons. The molecule has 1 heteroatoms. The summed E-state index contributed by atoms with van der Waals surface area (Å²) in [5.74, 6) is 2.63. The summed E-state index contributed by atoms with van der Waals surface area (Å²) in [5.41, 5.74) is 1.38. The predicted octanol–water partition coefficient (Wildman–Crippen LogP) is 5.58. The molecule has 0 bridgehead atoms. The van der Waals surface area contributed by atoms with Crippen LogP contribution in [0.2, 0.25) is 0 Å². The predicted molar refractivity (Wildman–Crippen MR) is 88.7 cm³/mol. The van der Waals surface area contributed by atoms with Crippen LogP contribution in [0.15, 0.2) is 11.6 Å². The molecular formula is C19H36O. The first-order valence-electron chi connectivity index (χ1n) is 8.81. The van der Waals surface area contributed by atoms with Gasteiger partial charge in [-0.3, -0.25) is 0 Å². The maximum Gasteiger partial charge on any atom is 0.0754 e. The quantitative estimate of drug-likeness (QED) is 0.476. The molecule has 118 valence electrons. The van der Waals surface area contributed by atoms with E-state index in [1.807, 2.05) is 0 Å². The first-order chi connectivity index (χ1) is 9.45. The Morgan fingerprint density at radius 2 is 1.90 bits per heavy atom. The highest BCUT2D eigenvalue weighted by molar-refractivity contribution is 5.05. The number of aliphatic hydroxyl groups excluding tert-OH is 1. The Balaban J connectivity index is 2.61. The maximum absolute atomic E-state index is 10.7. The lowest BCUT2D eigenvalue weighted by Gasteiger charge is -2.39. The Bertz CT molecular complexity index is 292. The molecule has 1 aliphatic rings. The van der Waals surface area contributed by atoms with Crippen molar-refractivity contribution in [3.63, 3.8) is 0 Å². The van der Waals surface area contributed by atoms with E-state index in [2.05, 4.69) is 40.7 Å². The summed E-state index contributed by atoms with van der Waals surface area (Å²) in [7, 11) is 0. The molecule has 1 aliphatic carbocycles. The van der Waals surface area contributed by atoms with E-state index in [9.17, 15) is 5.11 Å². The SMILES string of the molecule is CCCCC/C(C)=C/C(O)C1CC(C)CCC1C(C)C. The first kappa shape index (κ1) is 17.8. The van der Waals surface area contributed by atoms with Crippen molar-refractivity contribution in [3.8, 4) is 0 Å². The van der Waals surface area contributed by atoms with Crippen LogP contribution in [0.1, 0.15) is 79.6 Å². The van der Waals surface area contributed by atoms with Crippen molar-refractivity contribution < 1.29 is 5.11 Å². The molecule has 0 aromatic heterocycles. The molecule has 0 heterocycles. The summed E-state index contributed by atoms with van der Waals surface area (Å²) in [6.45, 7) is 11.4. The minimum Gasteiger partial charge on any atom is -0.389 e. The standard InChI is InChI=1S/C19H36O/c1-6-7-8-9-15(4)13-19(20)18-12-16(5)10-11-17(18)14(2)3/h13-14,16-20H,6-12H2,1-5H3/b15-13+. The lowest BCUT2D eigenvalue weighted by molar-refractivity contribution is 0.0422. The van der Waals surface area contributed by atoms with E-state index in [0.29, 0.717) is 17.8 Å². The first-order valence-corrected chi connectivity index (χ1v) is 8.81. The van der Waals surface area contributed by atoms with Crippen LogP contribution in [0.5, 0.6) is 0 Å². The summed E-state index contributed by atoms with van der Waals surface area (Å²) >= 11 is 0. The normalized spacial score (nSPS) is 29.8. The second kappa shape index (κ2) is 8.87. The van der Waals surface area contributed by atoms with E-state index in [4.69, 9.17) is 0 Å². The second-order valence-electron chi connectivity index (χ2n) is 7.45. The van der Waals surface area contributed by atoms with Gasteiger partial charge in [0.25, 0.3) is 0 Å². The Kier molecular flexibility index (Phi) is 7.87. The van der Waals surface area contributed by atoms with Crippen LogP contribution < -0.4 is 0 Å². The third-order valence-corrected chi connectivity index (χ3v) is 5.14. The van der Waals surface area contributed by atoms with Gasteiger partial charge in [-0.1, -0.05) is 58.6 Å². The van der Waals surface area contributed by atoms with Crippen molar-refractivity contribution in [2.24, 2.45) is 23.7 Å². The monoisotopic (exact) mass is 280 g/mol. The number of allylic oxidation sites excluding steroid dienone is 1. The lowest BCUT2D eigenvalue weighted by Crippen LogP contribution is -2.35. The number of hydrogen-bond donors (Lipinski definition) is 1. The summed E-state index contributed by atoms with van der Waals surface area (Å²) in [4.78, 5) is 0. The molecule has 0 aromatic rings. The Morgan fingerprint density at radius 1 is 1.20 bits per heavy atom. The van der Waals surface area contributed by atoms with Crippen LogP contribution >= 0.6 is 0 Å². The fourth-order valence-electron chi connectivity index (χ4n) is 3.82. The molecule has 0 aromatic carbocycles. The van der Waals surface area contributed by atoms with Crippen molar-refractivity contribution in [2.45, 2.75) is 85.7 Å². The van der Waals surface area contributed by atoms with Crippen molar-refractivity contribution in [1.82, 2.24) is 0 Å². The molecule has 0 saturated heterocycles. The van der Waals surface area contributed by atoms with E-state index in [1.54, 1.807) is 0 Å². The van der Waals surface area contributed by atoms with Crippen LogP contribution in [0, 0.1) is 23.7 Å². The molecule has 0 amide bonds. The molecule has 20 heavy (non-hydrogen) atoms. The molecule has 1 nitrogen and oxygen atoms in total. The topological polar surface area (TPSA) is 20.2 Å². The second-order valence-corrected chi connectivity index (χ2v) is 7.45. The van der Waals surface area contributed by atoms with Crippen LogP contribution in [0.25, 0.3) is 0 Å². The van der Waals surface area contributed by atoms with Crippen molar-refractivity contribution >= 4 is 0 Å². The maximum atomic E-state index is 10.7. The molecule has 4 unspecified atom stereocenters. The zero-order valence-corrected chi connectivity index (χ0v) is 14.4. The summed E-state index contributed by atoms with van der Waals surface area (Å²) in [5, 5.41) is 10.7. The number of rotatable bonds is 7. The summed E-state index contributed by atoms with van der Waals surface area (Å²) < 4.78 is 0. The van der Waals surface area contributed by atoms with Gasteiger partial charge in [-0.15, -0.1) is 0 Å². The molecule has 4 atom stereocenters. The van der Waals surface area contributed by atoms with Gasteiger partial charge in [0, 0.05) is 0 Å². The van der Waals surface area contributed by atoms with E-state index < -0.39 is 0 Å². The van der Waals surface area contributed by atoms with E-state index in [-0.39, 0.29) is 6.10 Å². The van der Waals surface area contributed by atoms with Gasteiger partial charge in [-0.2, -0.15) is 0 Å². The van der Waals surface area contributed by atoms with Crippen LogP contribution in [-0.2, 0) is 0 Å². The number of unbranched alkanes of at least 4 members (excludes halogenated alkanes) is 2. The highest BCUT2D eigenvalue weighted by atomic mass is 16.3. The third-order valence-electron chi connectivity index (χ3n) is 5.14. The Hall–Kier alpha value is -0.300. The highest BCUT2D eigenvalue weighted by Gasteiger charge is 2.34. The molecule has 1 saturated carbocycles. The Morgan fingerprint density at radius 3 is 2.50 bits per heavy atom. The molecule has 1 rings (SSSR count). The minimum absolute atomic E-state index is 0.230. The fourth-order valence-corrected chi connectivity index (χ4v) is 3.82. The van der Waals surface area contributed by atoms with Gasteiger partial charge < -0.3 is 5.11 Å². The van der Waals surface area contributed by atoms with Crippen LogP contribution in [0.3, 0.4) is 0 Å². The van der Waals surface area contributed by atoms with Crippen LogP contribution in [0.4, 0.5) is 0 Å². The fraction of sp³-hybridized carbons (Fsp3) is 0.895. The van der Waals surface area contributed by atoms with Crippen molar-refractivity contribution in [1.29, 1.82) is 0 Å². The summed E-state index contributed by atoms with van der Waals surface area (Å²) in [6.07, 6.45) is 10.7. The molecule has 1 N–H and O–H groups in total. The molecule has 0 spiro atoms. The van der Waals surface area contributed by atoms with Gasteiger partial charge in [0.1, 0.15) is 0 Å². The smallest absolute Gasteiger partial charge is 0.0754 e. The lowest BCUT2D eigenvalue weighted by atomic mass is 9.68. The van der Waals surface area contributed by atoms with E-state index >= 15 is 0 Å². The molecule has 1 fully saturated rings. The number of aliphatic hydroxyl groups is 1. The van der Waals surface area contributed by atoms with Crippen molar-refractivity contribution in [2.75, 3.05) is 0 Å². The average molecular weight is 280 g/mol. The van der Waals surface area contributed by atoms with Crippen molar-refractivity contribution in [3.05, 3.63) is 11.6 Å². The third kappa shape index (κ3) is 5.60. The van der Waals surface area contributed by atoms with Gasteiger partial charge in [-0.05, 0) is 56.3 Å². The largest absolute Gasteiger partial charge is 0.389 e. The van der Waals surface area contributed by atoms with Gasteiger partial charge in [-0.25, -0.2) is 0 Å². The number of hydrogen-bond acceptors (Lipinski definition) is 1. The van der Waals surface area contributed by atoms with Gasteiger partial charge in [0.15, 0.2) is 0 Å². The molecule has 0 aliphatic heterocycles. The average Bonchev–Trinajstić information content (AvgIpc) is 2.38. The van der Waals surface area contributed by atoms with E-state index in [1.165, 1.54) is 44.1 Å². The Labute approximate surface area is 126 Å². The van der Waals surface area contributed by atoms with E-state index in [0.717, 1.165) is 12.3 Å². The van der Waals surface area contributed by atoms with Gasteiger partial charge in [0.2, 0.25) is 0 Å². The highest BCUT2D eigenvalue weighted by Crippen LogP contribution is 2.40. The molecular weight excluding hydrogens is 244 g/mol. The van der Waals surface area contributed by atoms with Crippen LogP contribution in [-0.4, -0.2) is 11.2 Å². The minimum atomic E-state index is -0.230. The summed E-state index contributed by atoms with van der Waals surface area (Å²) in [6, 6.07) is 0. The van der Waals surface area contributed by atoms with Gasteiger partial charge in [0.05, 0.1) is 6.10 Å².